The number of dihydropyridines is 1. The van der Waals surface area contributed by atoms with Crippen molar-refractivity contribution in [1.82, 2.24) is 0 Å². The zero-order valence-corrected chi connectivity index (χ0v) is 5.43. The quantitative estimate of drug-likeness (QED) is 0.529. The van der Waals surface area contributed by atoms with E-state index in [1.165, 1.54) is 12.3 Å². The van der Waals surface area contributed by atoms with Gasteiger partial charge in [0, 0.05) is 6.21 Å². The number of rotatable bonds is 1. The van der Waals surface area contributed by atoms with Gasteiger partial charge in [0.15, 0.2) is 0 Å². The van der Waals surface area contributed by atoms with Crippen LogP contribution < -0.4 is 0 Å². The second kappa shape index (κ2) is 2.14. The van der Waals surface area contributed by atoms with Crippen molar-refractivity contribution in [2.45, 2.75) is 12.3 Å². The van der Waals surface area contributed by atoms with Crippen LogP contribution in [0, 0.1) is 0 Å². The number of carboxylic acid groups (broad SMARTS) is 1. The van der Waals surface area contributed by atoms with E-state index >= 15 is 0 Å². The number of fused-ring (bicyclic) bond motifs is 1. The first-order chi connectivity index (χ1) is 5.27. The molecular formula is C6H5NO4. The summed E-state index contributed by atoms with van der Waals surface area (Å²) in [7, 11) is 0. The highest BCUT2D eigenvalue weighted by Crippen LogP contribution is 2.21. The molecule has 5 nitrogen and oxygen atoms in total. The van der Waals surface area contributed by atoms with Gasteiger partial charge >= 0.3 is 5.97 Å². The van der Waals surface area contributed by atoms with Crippen LogP contribution in [0.5, 0.6) is 0 Å². The number of aliphatic carboxylic acids is 1. The van der Waals surface area contributed by atoms with Crippen LogP contribution >= 0.6 is 0 Å². The molecule has 3 rings (SSSR count). The summed E-state index contributed by atoms with van der Waals surface area (Å²) in [4.78, 5) is 23.5. The van der Waals surface area contributed by atoms with Crippen molar-refractivity contribution < 1.29 is 19.7 Å². The highest BCUT2D eigenvalue weighted by Gasteiger charge is 2.31. The number of hydrogen-bond donors (Lipinski definition) is 1. The number of aliphatic imine (C=N–C) groups is 1. The molecule has 0 fully saturated rings. The van der Waals surface area contributed by atoms with E-state index in [1.807, 2.05) is 0 Å². The average molecular weight is 155 g/mol. The molecule has 2 atom stereocenters. The molecule has 0 saturated heterocycles. The first-order valence-electron chi connectivity index (χ1n) is 3.08. The monoisotopic (exact) mass is 155 g/mol. The average Bonchev–Trinajstić information content (AvgIpc) is 2.06. The van der Waals surface area contributed by atoms with Crippen molar-refractivity contribution >= 4 is 12.2 Å². The lowest BCUT2D eigenvalue weighted by Crippen LogP contribution is -2.35. The molecule has 0 aromatic heterocycles. The minimum absolute atomic E-state index is 0.142. The molecular weight excluding hydrogens is 150 g/mol. The molecule has 5 heteroatoms. The van der Waals surface area contributed by atoms with E-state index < -0.39 is 18.3 Å². The van der Waals surface area contributed by atoms with Crippen LogP contribution in [0.25, 0.3) is 0 Å². The Morgan fingerprint density at radius 2 is 2.45 bits per heavy atom. The van der Waals surface area contributed by atoms with Gasteiger partial charge < -0.3 is 5.11 Å². The Labute approximate surface area is 61.9 Å². The maximum absolute atomic E-state index is 10.5. The van der Waals surface area contributed by atoms with E-state index in [9.17, 15) is 4.79 Å². The molecule has 3 aliphatic rings. The molecule has 3 aliphatic heterocycles. The van der Waals surface area contributed by atoms with Gasteiger partial charge in [0.1, 0.15) is 6.10 Å². The van der Waals surface area contributed by atoms with Crippen molar-refractivity contribution in [2.75, 3.05) is 0 Å². The fraction of sp³-hybridized carbons (Fsp3) is 0.333. The van der Waals surface area contributed by atoms with E-state index in [4.69, 9.17) is 5.11 Å². The van der Waals surface area contributed by atoms with Crippen molar-refractivity contribution in [2.24, 2.45) is 4.99 Å². The summed E-state index contributed by atoms with van der Waals surface area (Å²) in [6, 6.07) is 0. The third kappa shape index (κ3) is 0.941. The summed E-state index contributed by atoms with van der Waals surface area (Å²) >= 11 is 0. The number of hydrogen-bond acceptors (Lipinski definition) is 4. The normalized spacial score (nSPS) is 33.6. The van der Waals surface area contributed by atoms with Crippen molar-refractivity contribution in [3.8, 4) is 0 Å². The van der Waals surface area contributed by atoms with Gasteiger partial charge in [0.2, 0.25) is 6.23 Å². The largest absolute Gasteiger partial charge is 0.478 e. The molecule has 1 N–H and O–H groups in total. The summed E-state index contributed by atoms with van der Waals surface area (Å²) in [5, 5.41) is 8.58. The summed E-state index contributed by atoms with van der Waals surface area (Å²) < 4.78 is 0. The van der Waals surface area contributed by atoms with Crippen LogP contribution in [0.3, 0.4) is 0 Å². The lowest BCUT2D eigenvalue weighted by Gasteiger charge is -2.26. The summed E-state index contributed by atoms with van der Waals surface area (Å²) in [6.45, 7) is 0. The van der Waals surface area contributed by atoms with Gasteiger partial charge in [0.25, 0.3) is 0 Å². The molecule has 0 aliphatic carbocycles. The van der Waals surface area contributed by atoms with Gasteiger partial charge in [-0.1, -0.05) is 0 Å². The van der Waals surface area contributed by atoms with Gasteiger partial charge in [-0.05, 0) is 6.08 Å². The van der Waals surface area contributed by atoms with Crippen LogP contribution in [0.15, 0.2) is 16.6 Å². The highest BCUT2D eigenvalue weighted by atomic mass is 17.2. The van der Waals surface area contributed by atoms with Gasteiger partial charge in [0.05, 0.1) is 5.57 Å². The zero-order valence-electron chi connectivity index (χ0n) is 5.43. The highest BCUT2D eigenvalue weighted by molar-refractivity contribution is 5.90. The fourth-order valence-electron chi connectivity index (χ4n) is 0.969. The van der Waals surface area contributed by atoms with Crippen LogP contribution in [-0.4, -0.2) is 29.6 Å². The predicted molar refractivity (Wildman–Crippen MR) is 34.0 cm³/mol. The maximum Gasteiger partial charge on any atom is 0.336 e. The Morgan fingerprint density at radius 3 is 2.73 bits per heavy atom. The molecule has 11 heavy (non-hydrogen) atoms. The maximum atomic E-state index is 10.5. The molecule has 0 aromatic carbocycles. The molecule has 58 valence electrons. The number of carbonyl (C=O) groups is 1. The van der Waals surface area contributed by atoms with E-state index in [0.29, 0.717) is 0 Å². The van der Waals surface area contributed by atoms with Gasteiger partial charge in [-0.2, -0.15) is 0 Å². The van der Waals surface area contributed by atoms with Crippen molar-refractivity contribution in [3.63, 3.8) is 0 Å². The molecule has 0 amide bonds. The molecule has 0 saturated carbocycles. The summed E-state index contributed by atoms with van der Waals surface area (Å²) in [5.74, 6) is -1.01. The smallest absolute Gasteiger partial charge is 0.336 e. The predicted octanol–water partition coefficient (Wildman–Crippen LogP) is -0.262. The lowest BCUT2D eigenvalue weighted by atomic mass is 10.1. The molecule has 0 radical (unpaired) electrons. The van der Waals surface area contributed by atoms with Crippen LogP contribution in [0.2, 0.25) is 0 Å². The first kappa shape index (κ1) is 6.51. The Morgan fingerprint density at radius 1 is 1.64 bits per heavy atom. The van der Waals surface area contributed by atoms with Crippen molar-refractivity contribution in [3.05, 3.63) is 11.6 Å². The third-order valence-electron chi connectivity index (χ3n) is 1.48. The van der Waals surface area contributed by atoms with E-state index in [0.717, 1.165) is 0 Å². The van der Waals surface area contributed by atoms with Crippen LogP contribution in [0.1, 0.15) is 0 Å². The molecule has 0 spiro atoms. The zero-order chi connectivity index (χ0) is 7.84. The summed E-state index contributed by atoms with van der Waals surface area (Å²) in [6.07, 6.45) is 1.77. The van der Waals surface area contributed by atoms with Crippen LogP contribution in [0.4, 0.5) is 0 Å². The lowest BCUT2D eigenvalue weighted by molar-refractivity contribution is -0.333. The molecule has 2 bridgehead atoms. The number of carboxylic acids is 1. The molecule has 0 aromatic rings. The Kier molecular flexibility index (Phi) is 1.27. The first-order valence-corrected chi connectivity index (χ1v) is 3.08. The Balaban J connectivity index is 2.31. The minimum atomic E-state index is -1.01. The van der Waals surface area contributed by atoms with Crippen molar-refractivity contribution in [1.29, 1.82) is 0 Å². The second-order valence-electron chi connectivity index (χ2n) is 2.23. The SMILES string of the molecule is O=C(O)C1=C[C@H]2C=N[C@@H]1OO2. The van der Waals surface area contributed by atoms with E-state index in [-0.39, 0.29) is 5.57 Å². The topological polar surface area (TPSA) is 68.1 Å². The van der Waals surface area contributed by atoms with E-state index in [2.05, 4.69) is 14.8 Å². The number of nitrogens with zero attached hydrogens (tertiary/aromatic N) is 1. The fourth-order valence-corrected chi connectivity index (χ4v) is 0.969. The molecule has 3 heterocycles. The standard InChI is InChI=1S/C6H5NO4/c8-6(9)4-1-3-2-7-5(4)11-10-3/h1-3,5H,(H,8,9)/t3-,5+/m0/s1. The van der Waals surface area contributed by atoms with Gasteiger partial charge in [-0.15, -0.1) is 0 Å². The second-order valence-corrected chi connectivity index (χ2v) is 2.23. The Hall–Kier alpha value is -1.20. The van der Waals surface area contributed by atoms with Crippen LogP contribution in [-0.2, 0) is 14.6 Å². The van der Waals surface area contributed by atoms with E-state index in [1.54, 1.807) is 0 Å². The third-order valence-corrected chi connectivity index (χ3v) is 1.48. The molecule has 0 unspecified atom stereocenters. The Bertz CT molecular complexity index is 257. The van der Waals surface area contributed by atoms with Gasteiger partial charge in [-0.3, -0.25) is 4.99 Å². The van der Waals surface area contributed by atoms with Gasteiger partial charge in [-0.25, -0.2) is 14.6 Å². The minimum Gasteiger partial charge on any atom is -0.478 e. The summed E-state index contributed by atoms with van der Waals surface area (Å²) in [5.41, 5.74) is 0.142.